The monoisotopic (exact) mass is 513 g/mol. The molecule has 2 rings (SSSR count). The molecule has 0 saturated heterocycles. The maximum atomic E-state index is 12.9. The zero-order valence-electron chi connectivity index (χ0n) is 20.0. The van der Waals surface area contributed by atoms with Gasteiger partial charge < -0.3 is 14.8 Å². The van der Waals surface area contributed by atoms with Crippen LogP contribution in [0.5, 0.6) is 11.5 Å². The lowest BCUT2D eigenvalue weighted by molar-refractivity contribution is -0.122. The molecular weight excluding hydrogens is 482 g/mol. The highest BCUT2D eigenvalue weighted by Gasteiger charge is 2.23. The smallest absolute Gasteiger partial charge is 0.265 e. The molecule has 2 aromatic carbocycles. The summed E-state index contributed by atoms with van der Waals surface area (Å²) in [5.41, 5.74) is 0.636. The van der Waals surface area contributed by atoms with Gasteiger partial charge in [-0.2, -0.15) is 0 Å². The third-order valence-electron chi connectivity index (χ3n) is 4.77. The molecule has 0 radical (unpaired) electrons. The van der Waals surface area contributed by atoms with Crippen molar-refractivity contribution in [2.45, 2.75) is 44.2 Å². The molecule has 0 aliphatic rings. The van der Waals surface area contributed by atoms with Crippen molar-refractivity contribution in [2.24, 2.45) is 0 Å². The third kappa shape index (κ3) is 7.08. The summed E-state index contributed by atoms with van der Waals surface area (Å²) in [5, 5.41) is 2.68. The number of methoxy groups -OCH3 is 1. The van der Waals surface area contributed by atoms with Gasteiger partial charge in [-0.15, -0.1) is 0 Å². The number of hydrogen-bond acceptors (Lipinski definition) is 7. The molecule has 0 unspecified atom stereocenters. The summed E-state index contributed by atoms with van der Waals surface area (Å²) in [4.78, 5) is 12.9. The standard InChI is InChI=1S/C22H31N3O7S2/c1-7-20(32-17-10-8-16(9-11-17)25(4)33(6,27)28)22(26)23-19-14-18(12-13-21(19)31-5)34(29,30)24-15(2)3/h8-15,20,24H,7H2,1-6H3,(H,23,26)/t20-/m0/s1. The average Bonchev–Trinajstić information content (AvgIpc) is 2.75. The Hall–Kier alpha value is -2.83. The highest BCUT2D eigenvalue weighted by atomic mass is 32.2. The minimum atomic E-state index is -3.77. The van der Waals surface area contributed by atoms with E-state index in [-0.39, 0.29) is 16.6 Å². The van der Waals surface area contributed by atoms with Gasteiger partial charge in [-0.1, -0.05) is 6.92 Å². The van der Waals surface area contributed by atoms with Crippen molar-refractivity contribution in [3.05, 3.63) is 42.5 Å². The number of ether oxygens (including phenoxy) is 2. The van der Waals surface area contributed by atoms with Crippen molar-refractivity contribution < 1.29 is 31.1 Å². The molecule has 2 aromatic rings. The van der Waals surface area contributed by atoms with Crippen LogP contribution in [-0.4, -0.2) is 55.3 Å². The number of carbonyl (C=O) groups is 1. The molecule has 0 aliphatic carbocycles. The summed E-state index contributed by atoms with van der Waals surface area (Å²) in [5.74, 6) is 0.168. The summed E-state index contributed by atoms with van der Waals surface area (Å²) in [7, 11) is -4.33. The number of amides is 1. The molecule has 1 amide bonds. The number of benzene rings is 2. The lowest BCUT2D eigenvalue weighted by atomic mass is 10.2. The van der Waals surface area contributed by atoms with Crippen molar-refractivity contribution in [1.29, 1.82) is 0 Å². The van der Waals surface area contributed by atoms with Crippen LogP contribution in [0.3, 0.4) is 0 Å². The second-order valence-corrected chi connectivity index (χ2v) is 11.6. The lowest BCUT2D eigenvalue weighted by Crippen LogP contribution is -2.33. The maximum Gasteiger partial charge on any atom is 0.265 e. The number of carbonyl (C=O) groups excluding carboxylic acids is 1. The van der Waals surface area contributed by atoms with Crippen molar-refractivity contribution in [3.8, 4) is 11.5 Å². The fourth-order valence-electron chi connectivity index (χ4n) is 2.96. The van der Waals surface area contributed by atoms with Crippen LogP contribution in [0.2, 0.25) is 0 Å². The molecular formula is C22H31N3O7S2. The second kappa shape index (κ2) is 11.1. The third-order valence-corrected chi connectivity index (χ3v) is 7.63. The predicted molar refractivity (Wildman–Crippen MR) is 131 cm³/mol. The first-order valence-electron chi connectivity index (χ1n) is 10.5. The Morgan fingerprint density at radius 3 is 2.18 bits per heavy atom. The topological polar surface area (TPSA) is 131 Å². The highest BCUT2D eigenvalue weighted by Crippen LogP contribution is 2.28. The van der Waals surface area contributed by atoms with E-state index < -0.39 is 32.1 Å². The van der Waals surface area contributed by atoms with E-state index in [1.165, 1.54) is 32.4 Å². The number of anilines is 2. The zero-order valence-corrected chi connectivity index (χ0v) is 21.7. The minimum Gasteiger partial charge on any atom is -0.495 e. The van der Waals surface area contributed by atoms with Gasteiger partial charge in [-0.25, -0.2) is 21.6 Å². The zero-order chi connectivity index (χ0) is 25.7. The fourth-order valence-corrected chi connectivity index (χ4v) is 4.74. The van der Waals surface area contributed by atoms with Crippen LogP contribution >= 0.6 is 0 Å². The van der Waals surface area contributed by atoms with E-state index in [0.29, 0.717) is 23.6 Å². The number of rotatable bonds is 11. The van der Waals surface area contributed by atoms with E-state index >= 15 is 0 Å². The number of hydrogen-bond donors (Lipinski definition) is 2. The van der Waals surface area contributed by atoms with E-state index in [0.717, 1.165) is 10.6 Å². The first-order chi connectivity index (χ1) is 15.8. The largest absolute Gasteiger partial charge is 0.495 e. The van der Waals surface area contributed by atoms with E-state index in [1.807, 2.05) is 0 Å². The number of nitrogens with zero attached hydrogens (tertiary/aromatic N) is 1. The molecule has 0 aromatic heterocycles. The molecule has 1 atom stereocenters. The fraction of sp³-hybridized carbons (Fsp3) is 0.409. The molecule has 188 valence electrons. The average molecular weight is 514 g/mol. The quantitative estimate of drug-likeness (QED) is 0.472. The van der Waals surface area contributed by atoms with Gasteiger partial charge in [-0.05, 0) is 62.7 Å². The number of sulfonamides is 2. The van der Waals surface area contributed by atoms with E-state index in [1.54, 1.807) is 45.0 Å². The van der Waals surface area contributed by atoms with Crippen LogP contribution < -0.4 is 23.8 Å². The molecule has 0 bridgehead atoms. The summed E-state index contributed by atoms with van der Waals surface area (Å²) in [6.07, 6.45) is 0.533. The molecule has 34 heavy (non-hydrogen) atoms. The minimum absolute atomic E-state index is 0.0168. The van der Waals surface area contributed by atoms with Crippen LogP contribution in [0.25, 0.3) is 0 Å². The Balaban J connectivity index is 2.22. The first kappa shape index (κ1) is 27.4. The van der Waals surface area contributed by atoms with Crippen molar-refractivity contribution in [1.82, 2.24) is 4.72 Å². The Labute approximate surface area is 201 Å². The van der Waals surface area contributed by atoms with Gasteiger partial charge in [-0.3, -0.25) is 9.10 Å². The summed E-state index contributed by atoms with van der Waals surface area (Å²) in [6.45, 7) is 5.18. The van der Waals surface area contributed by atoms with Crippen LogP contribution in [-0.2, 0) is 24.8 Å². The second-order valence-electron chi connectivity index (χ2n) is 7.87. The van der Waals surface area contributed by atoms with Gasteiger partial charge in [0.25, 0.3) is 5.91 Å². The lowest BCUT2D eigenvalue weighted by Gasteiger charge is -2.20. The summed E-state index contributed by atoms with van der Waals surface area (Å²) < 4.78 is 63.1. The van der Waals surface area contributed by atoms with Crippen molar-refractivity contribution in [2.75, 3.05) is 30.0 Å². The van der Waals surface area contributed by atoms with Crippen LogP contribution in [0.1, 0.15) is 27.2 Å². The van der Waals surface area contributed by atoms with Gasteiger partial charge in [0.15, 0.2) is 6.10 Å². The summed E-state index contributed by atoms with van der Waals surface area (Å²) >= 11 is 0. The molecule has 0 heterocycles. The molecule has 12 heteroatoms. The van der Waals surface area contributed by atoms with Gasteiger partial charge in [0.05, 0.1) is 29.6 Å². The Morgan fingerprint density at radius 2 is 1.68 bits per heavy atom. The van der Waals surface area contributed by atoms with Gasteiger partial charge in [0, 0.05) is 13.1 Å². The highest BCUT2D eigenvalue weighted by molar-refractivity contribution is 7.92. The number of nitrogens with one attached hydrogen (secondary N) is 2. The van der Waals surface area contributed by atoms with Gasteiger partial charge >= 0.3 is 0 Å². The first-order valence-corrected chi connectivity index (χ1v) is 13.8. The molecule has 10 nitrogen and oxygen atoms in total. The molecule has 0 aliphatic heterocycles. The maximum absolute atomic E-state index is 12.9. The normalized spacial score (nSPS) is 12.8. The van der Waals surface area contributed by atoms with E-state index in [4.69, 9.17) is 9.47 Å². The molecule has 0 fully saturated rings. The van der Waals surface area contributed by atoms with Crippen LogP contribution in [0, 0.1) is 0 Å². The Kier molecular flexibility index (Phi) is 8.92. The summed E-state index contributed by atoms with van der Waals surface area (Å²) in [6, 6.07) is 10.2. The molecule has 2 N–H and O–H groups in total. The van der Waals surface area contributed by atoms with Crippen molar-refractivity contribution in [3.63, 3.8) is 0 Å². The predicted octanol–water partition coefficient (Wildman–Crippen LogP) is 2.57. The van der Waals surface area contributed by atoms with E-state index in [9.17, 15) is 21.6 Å². The SMILES string of the molecule is CC[C@H](Oc1ccc(N(C)S(C)(=O)=O)cc1)C(=O)Nc1cc(S(=O)(=O)NC(C)C)ccc1OC. The van der Waals surface area contributed by atoms with Crippen LogP contribution in [0.15, 0.2) is 47.4 Å². The van der Waals surface area contributed by atoms with Gasteiger partial charge in [0.1, 0.15) is 11.5 Å². The van der Waals surface area contributed by atoms with Crippen molar-refractivity contribution >= 4 is 37.3 Å². The Morgan fingerprint density at radius 1 is 1.06 bits per heavy atom. The van der Waals surface area contributed by atoms with Gasteiger partial charge in [0.2, 0.25) is 20.0 Å². The Bertz CT molecular complexity index is 1210. The van der Waals surface area contributed by atoms with E-state index in [2.05, 4.69) is 10.0 Å². The van der Waals surface area contributed by atoms with Crippen LogP contribution in [0.4, 0.5) is 11.4 Å². The molecule has 0 saturated carbocycles. The molecule has 0 spiro atoms.